The fourth-order valence-electron chi connectivity index (χ4n) is 2.19. The van der Waals surface area contributed by atoms with E-state index in [1.165, 1.54) is 0 Å². The van der Waals surface area contributed by atoms with Crippen molar-refractivity contribution in [2.24, 2.45) is 0 Å². The number of carbonyl (C=O) groups excluding carboxylic acids is 1. The van der Waals surface area contributed by atoms with Crippen molar-refractivity contribution in [3.05, 3.63) is 24.0 Å². The van der Waals surface area contributed by atoms with Gasteiger partial charge in [0.05, 0.1) is 12.2 Å². The number of rotatable bonds is 5. The van der Waals surface area contributed by atoms with Crippen LogP contribution in [0.4, 0.5) is 5.69 Å². The predicted molar refractivity (Wildman–Crippen MR) is 69.5 cm³/mol. The Morgan fingerprint density at radius 2 is 2.39 bits per heavy atom. The van der Waals surface area contributed by atoms with Gasteiger partial charge in [0.25, 0.3) is 5.91 Å². The van der Waals surface area contributed by atoms with Crippen LogP contribution in [0.5, 0.6) is 0 Å². The molecule has 0 atom stereocenters. The number of aromatic nitrogens is 1. The summed E-state index contributed by atoms with van der Waals surface area (Å²) in [6.07, 6.45) is 6.45. The first-order chi connectivity index (χ1) is 8.77. The van der Waals surface area contributed by atoms with E-state index in [-0.39, 0.29) is 18.6 Å². The Morgan fingerprint density at radius 1 is 1.61 bits per heavy atom. The number of hydrogen-bond acceptors (Lipinski definition) is 4. The minimum atomic E-state index is -0.0498. The molecule has 2 rings (SSSR count). The normalized spacial score (nSPS) is 15.0. The molecule has 18 heavy (non-hydrogen) atoms. The van der Waals surface area contributed by atoms with Crippen LogP contribution >= 0.6 is 0 Å². The van der Waals surface area contributed by atoms with Crippen molar-refractivity contribution in [1.29, 1.82) is 0 Å². The van der Waals surface area contributed by atoms with E-state index < -0.39 is 0 Å². The van der Waals surface area contributed by atoms with Gasteiger partial charge in [0.15, 0.2) is 0 Å². The van der Waals surface area contributed by atoms with Crippen molar-refractivity contribution >= 4 is 11.6 Å². The fourth-order valence-corrected chi connectivity index (χ4v) is 2.19. The second kappa shape index (κ2) is 5.82. The summed E-state index contributed by atoms with van der Waals surface area (Å²) in [6, 6.07) is 2.06. The van der Waals surface area contributed by atoms with E-state index >= 15 is 0 Å². The van der Waals surface area contributed by atoms with Crippen LogP contribution in [0.1, 0.15) is 29.6 Å². The van der Waals surface area contributed by atoms with E-state index in [2.05, 4.69) is 10.3 Å². The number of aliphatic hydroxyl groups excluding tert-OH is 1. The van der Waals surface area contributed by atoms with E-state index in [1.54, 1.807) is 30.4 Å². The molecule has 1 heterocycles. The number of aliphatic hydroxyl groups is 1. The molecule has 0 bridgehead atoms. The molecule has 5 nitrogen and oxygen atoms in total. The molecular formula is C13H19N3O2. The molecule has 98 valence electrons. The van der Waals surface area contributed by atoms with Crippen LogP contribution in [0.25, 0.3) is 0 Å². The molecular weight excluding hydrogens is 230 g/mol. The molecule has 0 spiro atoms. The molecule has 1 aromatic heterocycles. The van der Waals surface area contributed by atoms with Crippen molar-refractivity contribution < 1.29 is 9.90 Å². The molecule has 0 aromatic carbocycles. The lowest BCUT2D eigenvalue weighted by Gasteiger charge is -2.37. The molecule has 1 aliphatic rings. The van der Waals surface area contributed by atoms with Crippen LogP contribution in [0.2, 0.25) is 0 Å². The van der Waals surface area contributed by atoms with Gasteiger partial charge < -0.3 is 15.3 Å². The first-order valence-corrected chi connectivity index (χ1v) is 6.31. The maximum atomic E-state index is 12.5. The molecule has 1 amide bonds. The van der Waals surface area contributed by atoms with Crippen LogP contribution in [0, 0.1) is 0 Å². The molecule has 1 fully saturated rings. The van der Waals surface area contributed by atoms with E-state index in [4.69, 9.17) is 5.11 Å². The van der Waals surface area contributed by atoms with Crippen molar-refractivity contribution in [3.8, 4) is 0 Å². The fraction of sp³-hybridized carbons (Fsp3) is 0.538. The minimum absolute atomic E-state index is 0.00259. The lowest BCUT2D eigenvalue weighted by atomic mass is 9.91. The van der Waals surface area contributed by atoms with Crippen molar-refractivity contribution in [2.75, 3.05) is 25.5 Å². The molecule has 2 N–H and O–H groups in total. The summed E-state index contributed by atoms with van der Waals surface area (Å²) in [5, 5.41) is 12.1. The van der Waals surface area contributed by atoms with Crippen LogP contribution in [-0.2, 0) is 0 Å². The molecule has 0 saturated heterocycles. The molecule has 1 aliphatic carbocycles. The van der Waals surface area contributed by atoms with Gasteiger partial charge in [0.1, 0.15) is 0 Å². The number of pyridine rings is 1. The van der Waals surface area contributed by atoms with E-state index in [9.17, 15) is 4.79 Å². The maximum Gasteiger partial charge on any atom is 0.257 e. The van der Waals surface area contributed by atoms with Crippen LogP contribution in [0.3, 0.4) is 0 Å². The van der Waals surface area contributed by atoms with Gasteiger partial charge in [0, 0.05) is 37.7 Å². The van der Waals surface area contributed by atoms with Gasteiger partial charge in [0.2, 0.25) is 0 Å². The highest BCUT2D eigenvalue weighted by molar-refractivity contribution is 5.99. The third-order valence-electron chi connectivity index (χ3n) is 3.44. The SMILES string of the molecule is CNc1ccncc1C(=O)N(CCO)C1CCC1. The largest absolute Gasteiger partial charge is 0.395 e. The Kier molecular flexibility index (Phi) is 4.15. The van der Waals surface area contributed by atoms with Gasteiger partial charge in [-0.2, -0.15) is 0 Å². The highest BCUT2D eigenvalue weighted by Gasteiger charge is 2.29. The highest BCUT2D eigenvalue weighted by Crippen LogP contribution is 2.27. The number of amides is 1. The Morgan fingerprint density at radius 3 is 2.94 bits per heavy atom. The summed E-state index contributed by atoms with van der Waals surface area (Å²) in [7, 11) is 1.78. The first kappa shape index (κ1) is 12.8. The topological polar surface area (TPSA) is 65.5 Å². The standard InChI is InChI=1S/C13H19N3O2/c1-14-12-5-6-15-9-11(12)13(18)16(7-8-17)10-3-2-4-10/h5-6,9-10,17H,2-4,7-8H2,1H3,(H,14,15). The summed E-state index contributed by atoms with van der Waals surface area (Å²) >= 11 is 0. The Bertz CT molecular complexity index is 418. The average molecular weight is 249 g/mol. The van der Waals surface area contributed by atoms with Crippen molar-refractivity contribution in [1.82, 2.24) is 9.88 Å². The second-order valence-corrected chi connectivity index (χ2v) is 4.48. The lowest BCUT2D eigenvalue weighted by molar-refractivity contribution is 0.0526. The summed E-state index contributed by atoms with van der Waals surface area (Å²) in [6.45, 7) is 0.388. The lowest BCUT2D eigenvalue weighted by Crippen LogP contribution is -2.45. The average Bonchev–Trinajstić information content (AvgIpc) is 2.35. The second-order valence-electron chi connectivity index (χ2n) is 4.48. The van der Waals surface area contributed by atoms with Gasteiger partial charge in [-0.3, -0.25) is 9.78 Å². The minimum Gasteiger partial charge on any atom is -0.395 e. The van der Waals surface area contributed by atoms with Gasteiger partial charge in [-0.25, -0.2) is 0 Å². The van der Waals surface area contributed by atoms with E-state index in [0.717, 1.165) is 24.9 Å². The predicted octanol–water partition coefficient (Wildman–Crippen LogP) is 1.11. The number of anilines is 1. The number of nitrogens with one attached hydrogen (secondary N) is 1. The number of carbonyl (C=O) groups is 1. The summed E-state index contributed by atoms with van der Waals surface area (Å²) in [5.74, 6) is -0.0498. The van der Waals surface area contributed by atoms with Crippen LogP contribution in [0.15, 0.2) is 18.5 Å². The summed E-state index contributed by atoms with van der Waals surface area (Å²) in [4.78, 5) is 18.3. The van der Waals surface area contributed by atoms with Crippen LogP contribution < -0.4 is 5.32 Å². The zero-order valence-electron chi connectivity index (χ0n) is 10.6. The van der Waals surface area contributed by atoms with Crippen LogP contribution in [-0.4, -0.2) is 47.1 Å². The number of nitrogens with zero attached hydrogens (tertiary/aromatic N) is 2. The summed E-state index contributed by atoms with van der Waals surface area (Å²) < 4.78 is 0. The highest BCUT2D eigenvalue weighted by atomic mass is 16.3. The molecule has 0 aliphatic heterocycles. The molecule has 1 saturated carbocycles. The molecule has 5 heteroatoms. The third-order valence-corrected chi connectivity index (χ3v) is 3.44. The number of hydrogen-bond donors (Lipinski definition) is 2. The van der Waals surface area contributed by atoms with Gasteiger partial charge >= 0.3 is 0 Å². The van der Waals surface area contributed by atoms with Crippen molar-refractivity contribution in [2.45, 2.75) is 25.3 Å². The first-order valence-electron chi connectivity index (χ1n) is 6.31. The smallest absolute Gasteiger partial charge is 0.257 e. The quantitative estimate of drug-likeness (QED) is 0.820. The molecule has 1 aromatic rings. The van der Waals surface area contributed by atoms with E-state index in [1.807, 2.05) is 0 Å². The molecule has 0 radical (unpaired) electrons. The molecule has 0 unspecified atom stereocenters. The zero-order valence-corrected chi connectivity index (χ0v) is 10.6. The van der Waals surface area contributed by atoms with Gasteiger partial charge in [-0.15, -0.1) is 0 Å². The Labute approximate surface area is 107 Å². The Balaban J connectivity index is 2.21. The van der Waals surface area contributed by atoms with Gasteiger partial charge in [-0.05, 0) is 25.3 Å². The van der Waals surface area contributed by atoms with E-state index in [0.29, 0.717) is 12.1 Å². The summed E-state index contributed by atoms with van der Waals surface area (Å²) in [5.41, 5.74) is 1.35. The van der Waals surface area contributed by atoms with Gasteiger partial charge in [-0.1, -0.05) is 0 Å². The Hall–Kier alpha value is -1.62. The third kappa shape index (κ3) is 2.46. The maximum absolute atomic E-state index is 12.5. The van der Waals surface area contributed by atoms with Crippen molar-refractivity contribution in [3.63, 3.8) is 0 Å². The monoisotopic (exact) mass is 249 g/mol. The zero-order chi connectivity index (χ0) is 13.0.